The number of benzene rings is 1. The molecule has 0 saturated carbocycles. The first-order chi connectivity index (χ1) is 9.39. The Bertz CT molecular complexity index is 445. The Labute approximate surface area is 119 Å². The van der Waals surface area contributed by atoms with Crippen molar-refractivity contribution in [1.29, 1.82) is 0 Å². The van der Waals surface area contributed by atoms with E-state index in [-0.39, 0.29) is 24.9 Å². The van der Waals surface area contributed by atoms with E-state index in [0.29, 0.717) is 0 Å². The van der Waals surface area contributed by atoms with Gasteiger partial charge in [0.2, 0.25) is 5.91 Å². The Morgan fingerprint density at radius 1 is 1.40 bits per heavy atom. The summed E-state index contributed by atoms with van der Waals surface area (Å²) in [5.41, 5.74) is 2.56. The number of hydrogen-bond acceptors (Lipinski definition) is 4. The lowest BCUT2D eigenvalue weighted by Gasteiger charge is -2.22. The van der Waals surface area contributed by atoms with E-state index in [2.05, 4.69) is 5.48 Å². The topological polar surface area (TPSA) is 67.8 Å². The summed E-state index contributed by atoms with van der Waals surface area (Å²) >= 11 is 0. The summed E-state index contributed by atoms with van der Waals surface area (Å²) < 4.78 is 5.28. The van der Waals surface area contributed by atoms with Crippen molar-refractivity contribution in [3.05, 3.63) is 29.8 Å². The van der Waals surface area contributed by atoms with Crippen molar-refractivity contribution in [2.24, 2.45) is 0 Å². The van der Waals surface area contributed by atoms with Crippen molar-refractivity contribution in [2.45, 2.75) is 38.7 Å². The molecule has 0 fully saturated rings. The van der Waals surface area contributed by atoms with Crippen molar-refractivity contribution in [3.8, 4) is 5.75 Å². The largest absolute Gasteiger partial charge is 0.496 e. The van der Waals surface area contributed by atoms with Gasteiger partial charge in [-0.2, -0.15) is 0 Å². The zero-order valence-corrected chi connectivity index (χ0v) is 12.5. The van der Waals surface area contributed by atoms with Gasteiger partial charge in [-0.05, 0) is 31.4 Å². The number of hydrogen-bond donors (Lipinski definition) is 2. The number of aliphatic hydroxyl groups is 1. The summed E-state index contributed by atoms with van der Waals surface area (Å²) in [7, 11) is 1.61. The molecular weight excluding hydrogens is 258 g/mol. The molecule has 0 radical (unpaired) electrons. The van der Waals surface area contributed by atoms with Crippen molar-refractivity contribution in [3.63, 3.8) is 0 Å². The van der Waals surface area contributed by atoms with E-state index in [0.717, 1.165) is 11.3 Å². The van der Waals surface area contributed by atoms with Crippen molar-refractivity contribution in [2.75, 3.05) is 13.7 Å². The molecular formula is C15H23NO4. The Morgan fingerprint density at radius 2 is 2.05 bits per heavy atom. The molecule has 0 aliphatic heterocycles. The average molecular weight is 281 g/mol. The van der Waals surface area contributed by atoms with Crippen molar-refractivity contribution >= 4 is 5.91 Å². The Hall–Kier alpha value is -1.59. The summed E-state index contributed by atoms with van der Waals surface area (Å²) in [5.74, 6) is 0.543. The number of hydroxylamine groups is 1. The van der Waals surface area contributed by atoms with Gasteiger partial charge >= 0.3 is 0 Å². The molecule has 2 N–H and O–H groups in total. The number of para-hydroxylation sites is 1. The van der Waals surface area contributed by atoms with E-state index < -0.39 is 5.60 Å². The molecule has 20 heavy (non-hydrogen) atoms. The lowest BCUT2D eigenvalue weighted by atomic mass is 9.96. The van der Waals surface area contributed by atoms with Crippen LogP contribution >= 0.6 is 0 Å². The van der Waals surface area contributed by atoms with Gasteiger partial charge in [0.25, 0.3) is 0 Å². The van der Waals surface area contributed by atoms with Gasteiger partial charge in [0.1, 0.15) is 11.4 Å². The molecule has 0 aliphatic carbocycles. The first-order valence-corrected chi connectivity index (χ1v) is 6.60. The van der Waals surface area contributed by atoms with Crippen LogP contribution in [0.25, 0.3) is 0 Å². The Balaban J connectivity index is 2.57. The number of amides is 1. The second-order valence-electron chi connectivity index (χ2n) is 5.39. The molecule has 0 spiro atoms. The Morgan fingerprint density at radius 3 is 2.65 bits per heavy atom. The first kappa shape index (κ1) is 16.5. The van der Waals surface area contributed by atoms with Crippen LogP contribution in [0.1, 0.15) is 38.7 Å². The smallest absolute Gasteiger partial charge is 0.244 e. The maximum Gasteiger partial charge on any atom is 0.244 e. The number of methoxy groups -OCH3 is 1. The molecule has 1 aromatic carbocycles. The summed E-state index contributed by atoms with van der Waals surface area (Å²) in [6.07, 6.45) is 0.280. The zero-order valence-electron chi connectivity index (χ0n) is 12.5. The van der Waals surface area contributed by atoms with Gasteiger partial charge in [0.05, 0.1) is 13.7 Å². The zero-order chi connectivity index (χ0) is 15.2. The molecule has 1 aromatic rings. The molecule has 1 rings (SSSR count). The van der Waals surface area contributed by atoms with Gasteiger partial charge < -0.3 is 9.84 Å². The number of nitrogens with one attached hydrogen (secondary N) is 1. The van der Waals surface area contributed by atoms with Crippen LogP contribution < -0.4 is 10.2 Å². The van der Waals surface area contributed by atoms with E-state index in [9.17, 15) is 4.79 Å². The molecule has 0 heterocycles. The van der Waals surface area contributed by atoms with E-state index >= 15 is 0 Å². The monoisotopic (exact) mass is 281 g/mol. The minimum Gasteiger partial charge on any atom is -0.496 e. The van der Waals surface area contributed by atoms with Gasteiger partial charge in [-0.15, -0.1) is 0 Å². The van der Waals surface area contributed by atoms with Crippen LogP contribution in [0.2, 0.25) is 0 Å². The van der Waals surface area contributed by atoms with Gasteiger partial charge in [-0.25, -0.2) is 5.48 Å². The molecule has 0 saturated heterocycles. The lowest BCUT2D eigenvalue weighted by molar-refractivity contribution is -0.153. The van der Waals surface area contributed by atoms with Crippen LogP contribution in [-0.2, 0) is 9.63 Å². The van der Waals surface area contributed by atoms with Gasteiger partial charge in [-0.1, -0.05) is 25.1 Å². The number of carbonyl (C=O) groups excluding carboxylic acids is 1. The normalized spacial score (nSPS) is 12.8. The molecule has 5 heteroatoms. The maximum absolute atomic E-state index is 11.8. The molecule has 1 unspecified atom stereocenters. The number of aliphatic hydroxyl groups excluding tert-OH is 1. The highest BCUT2D eigenvalue weighted by molar-refractivity contribution is 5.75. The van der Waals surface area contributed by atoms with Crippen LogP contribution in [-0.4, -0.2) is 30.3 Å². The number of rotatable bonds is 7. The van der Waals surface area contributed by atoms with Crippen LogP contribution in [0.5, 0.6) is 5.75 Å². The molecule has 1 amide bonds. The second-order valence-corrected chi connectivity index (χ2v) is 5.39. The highest BCUT2D eigenvalue weighted by atomic mass is 16.7. The maximum atomic E-state index is 11.8. The number of carbonyl (C=O) groups is 1. The molecule has 5 nitrogen and oxygen atoms in total. The van der Waals surface area contributed by atoms with Crippen molar-refractivity contribution in [1.82, 2.24) is 5.48 Å². The van der Waals surface area contributed by atoms with E-state index in [1.807, 2.05) is 31.2 Å². The van der Waals surface area contributed by atoms with E-state index in [1.165, 1.54) is 0 Å². The Kier molecular flexibility index (Phi) is 5.98. The van der Waals surface area contributed by atoms with Gasteiger partial charge in [0.15, 0.2) is 0 Å². The minimum absolute atomic E-state index is 0.00647. The molecule has 0 aromatic heterocycles. The quantitative estimate of drug-likeness (QED) is 0.750. The predicted octanol–water partition coefficient (Wildman–Crippen LogP) is 2.01. The fraction of sp³-hybridized carbons (Fsp3) is 0.533. The summed E-state index contributed by atoms with van der Waals surface area (Å²) in [5, 5.41) is 9.04. The van der Waals surface area contributed by atoms with Crippen LogP contribution in [0.4, 0.5) is 0 Å². The summed E-state index contributed by atoms with van der Waals surface area (Å²) in [6, 6.07) is 7.62. The highest BCUT2D eigenvalue weighted by Gasteiger charge is 2.20. The molecule has 0 aliphatic rings. The number of ether oxygens (including phenoxy) is 1. The molecule has 1 atom stereocenters. The average Bonchev–Trinajstić information content (AvgIpc) is 2.45. The fourth-order valence-corrected chi connectivity index (χ4v) is 1.73. The summed E-state index contributed by atoms with van der Waals surface area (Å²) in [6.45, 7) is 5.16. The highest BCUT2D eigenvalue weighted by Crippen LogP contribution is 2.28. The van der Waals surface area contributed by atoms with Gasteiger partial charge in [-0.3, -0.25) is 9.63 Å². The van der Waals surface area contributed by atoms with E-state index in [1.54, 1.807) is 21.0 Å². The van der Waals surface area contributed by atoms with Gasteiger partial charge in [0, 0.05) is 6.42 Å². The van der Waals surface area contributed by atoms with Crippen LogP contribution in [0.3, 0.4) is 0 Å². The standard InChI is InChI=1S/C15H23NO4/c1-11(12-7-5-6-8-13(12)19-4)9-14(18)16-20-15(2,3)10-17/h5-8,11,17H,9-10H2,1-4H3,(H,16,18). The summed E-state index contributed by atoms with van der Waals surface area (Å²) in [4.78, 5) is 17.0. The first-order valence-electron chi connectivity index (χ1n) is 6.60. The van der Waals surface area contributed by atoms with E-state index in [4.69, 9.17) is 14.7 Å². The molecule has 112 valence electrons. The fourth-order valence-electron chi connectivity index (χ4n) is 1.73. The third-order valence-corrected chi connectivity index (χ3v) is 2.98. The van der Waals surface area contributed by atoms with Crippen LogP contribution in [0.15, 0.2) is 24.3 Å². The minimum atomic E-state index is -0.788. The third kappa shape index (κ3) is 4.83. The molecule has 0 bridgehead atoms. The predicted molar refractivity (Wildman–Crippen MR) is 76.4 cm³/mol. The lowest BCUT2D eigenvalue weighted by Crippen LogP contribution is -2.38. The SMILES string of the molecule is COc1ccccc1C(C)CC(=O)NOC(C)(C)CO. The second kappa shape index (κ2) is 7.26. The third-order valence-electron chi connectivity index (χ3n) is 2.98. The van der Waals surface area contributed by atoms with Crippen molar-refractivity contribution < 1.29 is 19.5 Å². The van der Waals surface area contributed by atoms with Crippen LogP contribution in [0, 0.1) is 0 Å².